The first-order valence-corrected chi connectivity index (χ1v) is 11.7. The first-order valence-electron chi connectivity index (χ1n) is 11.7. The zero-order chi connectivity index (χ0) is 24.6. The van der Waals surface area contributed by atoms with E-state index in [1.165, 1.54) is 0 Å². The molecule has 1 aromatic carbocycles. The number of halogens is 3. The van der Waals surface area contributed by atoms with Crippen molar-refractivity contribution in [3.05, 3.63) is 71.7 Å². The van der Waals surface area contributed by atoms with Crippen molar-refractivity contribution in [3.63, 3.8) is 0 Å². The molecule has 1 saturated heterocycles. The maximum Gasteiger partial charge on any atom is 0.416 e. The molecule has 1 atom stereocenters. The summed E-state index contributed by atoms with van der Waals surface area (Å²) in [5.74, 6) is 0.631. The fraction of sp³-hybridized carbons (Fsp3) is 0.385. The number of likely N-dealkylation sites (tertiary alicyclic amines) is 1. The van der Waals surface area contributed by atoms with Crippen molar-refractivity contribution >= 4 is 11.7 Å². The van der Waals surface area contributed by atoms with Crippen LogP contribution in [0.1, 0.15) is 47.2 Å². The fourth-order valence-electron chi connectivity index (χ4n) is 4.89. The lowest BCUT2D eigenvalue weighted by atomic mass is 10.0. The van der Waals surface area contributed by atoms with Crippen molar-refractivity contribution in [2.75, 3.05) is 18.4 Å². The summed E-state index contributed by atoms with van der Waals surface area (Å²) in [7, 11) is 0. The Morgan fingerprint density at radius 3 is 2.60 bits per heavy atom. The van der Waals surface area contributed by atoms with Crippen LogP contribution in [0.15, 0.2) is 55.0 Å². The van der Waals surface area contributed by atoms with E-state index >= 15 is 0 Å². The van der Waals surface area contributed by atoms with Crippen LogP contribution in [0.5, 0.6) is 0 Å². The highest BCUT2D eigenvalue weighted by Gasteiger charge is 2.53. The Kier molecular flexibility index (Phi) is 5.94. The Hall–Kier alpha value is -3.49. The van der Waals surface area contributed by atoms with Gasteiger partial charge in [0.25, 0.3) is 5.91 Å². The topological polar surface area (TPSA) is 71.0 Å². The van der Waals surface area contributed by atoms with Crippen LogP contribution in [0, 0.1) is 12.3 Å². The van der Waals surface area contributed by atoms with Gasteiger partial charge in [-0.25, -0.2) is 15.0 Å². The number of rotatable bonds is 6. The molecule has 3 aromatic rings. The van der Waals surface area contributed by atoms with Crippen molar-refractivity contribution in [2.24, 2.45) is 5.41 Å². The number of carbonyl (C=O) groups is 1. The van der Waals surface area contributed by atoms with E-state index in [0.717, 1.165) is 43.2 Å². The number of anilines is 1. The highest BCUT2D eigenvalue weighted by atomic mass is 19.4. The number of nitrogens with zero attached hydrogens (tertiary/aromatic N) is 4. The first kappa shape index (κ1) is 23.3. The smallest absolute Gasteiger partial charge is 0.370 e. The van der Waals surface area contributed by atoms with Gasteiger partial charge in [-0.1, -0.05) is 17.7 Å². The molecule has 35 heavy (non-hydrogen) atoms. The predicted molar refractivity (Wildman–Crippen MR) is 126 cm³/mol. The number of hydrogen-bond acceptors (Lipinski definition) is 5. The van der Waals surface area contributed by atoms with Crippen molar-refractivity contribution in [2.45, 2.75) is 44.8 Å². The molecule has 2 fully saturated rings. The van der Waals surface area contributed by atoms with Crippen molar-refractivity contribution < 1.29 is 18.0 Å². The van der Waals surface area contributed by atoms with Gasteiger partial charge in [0.15, 0.2) is 5.82 Å². The van der Waals surface area contributed by atoms with Gasteiger partial charge < -0.3 is 10.2 Å². The minimum atomic E-state index is -4.42. The van der Waals surface area contributed by atoms with Crippen LogP contribution in [0.3, 0.4) is 0 Å². The van der Waals surface area contributed by atoms with Crippen LogP contribution in [0.25, 0.3) is 11.4 Å². The molecule has 0 unspecified atom stereocenters. The predicted octanol–water partition coefficient (Wildman–Crippen LogP) is 5.36. The third-order valence-electron chi connectivity index (χ3n) is 6.92. The van der Waals surface area contributed by atoms with Crippen molar-refractivity contribution in [3.8, 4) is 11.4 Å². The second-order valence-corrected chi connectivity index (χ2v) is 9.56. The minimum absolute atomic E-state index is 0.00615. The number of aromatic nitrogens is 3. The summed E-state index contributed by atoms with van der Waals surface area (Å²) in [5.41, 5.74) is 1.68. The van der Waals surface area contributed by atoms with Gasteiger partial charge in [0, 0.05) is 43.3 Å². The van der Waals surface area contributed by atoms with Gasteiger partial charge in [0.2, 0.25) is 0 Å². The molecule has 2 aliphatic rings. The molecule has 1 amide bonds. The van der Waals surface area contributed by atoms with Crippen LogP contribution >= 0.6 is 0 Å². The lowest BCUT2D eigenvalue weighted by molar-refractivity contribution is -0.137. The Morgan fingerprint density at radius 2 is 1.89 bits per heavy atom. The maximum absolute atomic E-state index is 13.8. The van der Waals surface area contributed by atoms with Crippen molar-refractivity contribution in [1.29, 1.82) is 0 Å². The third kappa shape index (κ3) is 4.99. The van der Waals surface area contributed by atoms with Crippen LogP contribution in [-0.2, 0) is 6.18 Å². The number of carbonyl (C=O) groups excluding carboxylic acids is 1. The molecule has 1 aliphatic carbocycles. The molecular formula is C26H26F3N5O. The molecule has 3 heterocycles. The number of nitrogens with one attached hydrogen (secondary N) is 1. The van der Waals surface area contributed by atoms with Crippen LogP contribution in [0.2, 0.25) is 0 Å². The Balaban J connectivity index is 1.34. The summed E-state index contributed by atoms with van der Waals surface area (Å²) in [6.45, 7) is 3.06. The molecule has 1 spiro atoms. The zero-order valence-corrected chi connectivity index (χ0v) is 19.3. The lowest BCUT2D eigenvalue weighted by Crippen LogP contribution is -2.37. The SMILES string of the molecule is Cc1ccc(-c2ncccn2)c(C(=O)N2CC3(CC3)C[C@H]2CCNc2cc(C(F)(F)F)ccn2)c1. The molecule has 2 aromatic heterocycles. The summed E-state index contributed by atoms with van der Waals surface area (Å²) < 4.78 is 39.0. The second-order valence-electron chi connectivity index (χ2n) is 9.56. The van der Waals surface area contributed by atoms with Crippen molar-refractivity contribution in [1.82, 2.24) is 19.9 Å². The Bertz CT molecular complexity index is 1230. The normalized spacial score (nSPS) is 18.6. The highest BCUT2D eigenvalue weighted by Crippen LogP contribution is 2.55. The number of hydrogen-bond donors (Lipinski definition) is 1. The average molecular weight is 482 g/mol. The summed E-state index contributed by atoms with van der Waals surface area (Å²) in [6, 6.07) is 9.41. The molecular weight excluding hydrogens is 455 g/mol. The maximum atomic E-state index is 13.8. The van der Waals surface area contributed by atoms with Gasteiger partial charge in [-0.05, 0) is 62.3 Å². The molecule has 1 saturated carbocycles. The number of amides is 1. The van der Waals surface area contributed by atoms with Gasteiger partial charge in [0.05, 0.1) is 11.1 Å². The van der Waals surface area contributed by atoms with E-state index in [9.17, 15) is 18.0 Å². The van der Waals surface area contributed by atoms with E-state index in [0.29, 0.717) is 36.5 Å². The van der Waals surface area contributed by atoms with Gasteiger partial charge in [-0.2, -0.15) is 13.2 Å². The largest absolute Gasteiger partial charge is 0.416 e. The molecule has 1 N–H and O–H groups in total. The van der Waals surface area contributed by atoms with E-state index in [1.54, 1.807) is 18.5 Å². The number of pyridine rings is 1. The molecule has 9 heteroatoms. The summed E-state index contributed by atoms with van der Waals surface area (Å²) in [6.07, 6.45) is 3.76. The first-order chi connectivity index (χ1) is 16.7. The molecule has 0 radical (unpaired) electrons. The minimum Gasteiger partial charge on any atom is -0.370 e. The van der Waals surface area contributed by atoms with E-state index in [-0.39, 0.29) is 23.2 Å². The van der Waals surface area contributed by atoms with Crippen LogP contribution in [-0.4, -0.2) is 44.9 Å². The molecule has 0 bridgehead atoms. The number of alkyl halides is 3. The Morgan fingerprint density at radius 1 is 1.11 bits per heavy atom. The lowest BCUT2D eigenvalue weighted by Gasteiger charge is -2.26. The van der Waals surface area contributed by atoms with E-state index in [1.807, 2.05) is 30.0 Å². The molecule has 5 rings (SSSR count). The van der Waals surface area contributed by atoms with Gasteiger partial charge in [0.1, 0.15) is 5.82 Å². The number of aryl methyl sites for hydroxylation is 1. The van der Waals surface area contributed by atoms with E-state index < -0.39 is 11.7 Å². The molecule has 182 valence electrons. The standard InChI is InChI=1S/C26H26F3N5O/c1-17-3-4-20(23-32-9-2-10-33-23)21(13-17)24(35)34-16-25(7-8-25)15-19(34)6-12-31-22-14-18(5-11-30-22)26(27,28)29/h2-5,9-11,13-14,19H,6-8,12,15-16H2,1H3,(H,30,31)/t19-/m1/s1. The summed E-state index contributed by atoms with van der Waals surface area (Å²) in [4.78, 5) is 28.4. The van der Waals surface area contributed by atoms with E-state index in [4.69, 9.17) is 0 Å². The monoisotopic (exact) mass is 481 g/mol. The van der Waals surface area contributed by atoms with Gasteiger partial charge >= 0.3 is 6.18 Å². The fourth-order valence-corrected chi connectivity index (χ4v) is 4.89. The number of benzene rings is 1. The highest BCUT2D eigenvalue weighted by molar-refractivity contribution is 6.00. The Labute approximate surface area is 201 Å². The van der Waals surface area contributed by atoms with Crippen LogP contribution in [0.4, 0.5) is 19.0 Å². The average Bonchev–Trinajstić information content (AvgIpc) is 3.50. The second kappa shape index (κ2) is 8.94. The van der Waals surface area contributed by atoms with E-state index in [2.05, 4.69) is 20.3 Å². The molecule has 1 aliphatic heterocycles. The third-order valence-corrected chi connectivity index (χ3v) is 6.92. The quantitative estimate of drug-likeness (QED) is 0.513. The summed E-state index contributed by atoms with van der Waals surface area (Å²) in [5, 5.41) is 3.01. The zero-order valence-electron chi connectivity index (χ0n) is 19.3. The summed E-state index contributed by atoms with van der Waals surface area (Å²) >= 11 is 0. The molecule has 6 nitrogen and oxygen atoms in total. The van der Waals surface area contributed by atoms with Crippen LogP contribution < -0.4 is 5.32 Å². The van der Waals surface area contributed by atoms with Gasteiger partial charge in [-0.15, -0.1) is 0 Å². The van der Waals surface area contributed by atoms with Gasteiger partial charge in [-0.3, -0.25) is 4.79 Å².